The monoisotopic (exact) mass is 468 g/mol. The summed E-state index contributed by atoms with van der Waals surface area (Å²) in [4.78, 5) is 17.5. The number of benzene rings is 2. The summed E-state index contributed by atoms with van der Waals surface area (Å²) in [5.41, 5.74) is 3.62. The van der Waals surface area contributed by atoms with Crippen LogP contribution in [0.5, 0.6) is 5.75 Å². The van der Waals surface area contributed by atoms with Gasteiger partial charge in [0.25, 0.3) is 5.91 Å². The number of ether oxygens (including phenoxy) is 1. The predicted molar refractivity (Wildman–Crippen MR) is 122 cm³/mol. The van der Waals surface area contributed by atoms with Gasteiger partial charge in [0.05, 0.1) is 30.3 Å². The summed E-state index contributed by atoms with van der Waals surface area (Å²) in [6, 6.07) is 16.0. The SMILES string of the molecule is COc1ccc(N2CCCN(C(=O)c3cnn(-c4ccc(Br)cc4)c3C)CC2)cc1. The zero-order chi connectivity index (χ0) is 21.1. The van der Waals surface area contributed by atoms with Crippen molar-refractivity contribution >= 4 is 27.5 Å². The molecule has 0 atom stereocenters. The number of halogens is 1. The molecule has 0 radical (unpaired) electrons. The lowest BCUT2D eigenvalue weighted by Gasteiger charge is -2.24. The number of rotatable bonds is 4. The summed E-state index contributed by atoms with van der Waals surface area (Å²) < 4.78 is 8.08. The van der Waals surface area contributed by atoms with Gasteiger partial charge in [0, 0.05) is 36.3 Å². The third-order valence-corrected chi connectivity index (χ3v) is 6.06. The standard InChI is InChI=1S/C23H25BrN4O2/c1-17-22(16-25-28(17)20-6-4-18(24)5-7-20)23(29)27-13-3-12-26(14-15-27)19-8-10-21(30-2)11-9-19/h4-11,16H,3,12-15H2,1-2H3. The molecular weight excluding hydrogens is 444 g/mol. The van der Waals surface area contributed by atoms with Crippen LogP contribution >= 0.6 is 15.9 Å². The van der Waals surface area contributed by atoms with Crippen molar-refractivity contribution in [1.82, 2.24) is 14.7 Å². The Morgan fingerprint density at radius 3 is 2.37 bits per heavy atom. The first-order chi connectivity index (χ1) is 14.6. The van der Waals surface area contributed by atoms with E-state index in [0.717, 1.165) is 53.3 Å². The number of carbonyl (C=O) groups excluding carboxylic acids is 1. The minimum atomic E-state index is 0.0486. The fourth-order valence-corrected chi connectivity index (χ4v) is 4.07. The van der Waals surface area contributed by atoms with Crippen molar-refractivity contribution in [2.45, 2.75) is 13.3 Å². The van der Waals surface area contributed by atoms with E-state index in [1.54, 1.807) is 13.3 Å². The topological polar surface area (TPSA) is 50.6 Å². The van der Waals surface area contributed by atoms with Gasteiger partial charge in [-0.1, -0.05) is 15.9 Å². The third kappa shape index (κ3) is 4.21. The Hall–Kier alpha value is -2.80. The second-order valence-electron chi connectivity index (χ2n) is 7.36. The Balaban J connectivity index is 1.47. The summed E-state index contributed by atoms with van der Waals surface area (Å²) in [6.07, 6.45) is 2.61. The predicted octanol–water partition coefficient (Wildman–Crippen LogP) is 4.30. The molecule has 1 saturated heterocycles. The number of hydrogen-bond acceptors (Lipinski definition) is 4. The molecule has 7 heteroatoms. The van der Waals surface area contributed by atoms with E-state index in [2.05, 4.69) is 38.1 Å². The first-order valence-electron chi connectivity index (χ1n) is 10.1. The number of carbonyl (C=O) groups is 1. The van der Waals surface area contributed by atoms with Gasteiger partial charge < -0.3 is 14.5 Å². The van der Waals surface area contributed by atoms with E-state index >= 15 is 0 Å². The van der Waals surface area contributed by atoms with E-state index in [4.69, 9.17) is 4.74 Å². The highest BCUT2D eigenvalue weighted by molar-refractivity contribution is 9.10. The van der Waals surface area contributed by atoms with Crippen LogP contribution in [-0.4, -0.2) is 53.9 Å². The fraction of sp³-hybridized carbons (Fsp3) is 0.304. The number of amides is 1. The minimum absolute atomic E-state index is 0.0486. The maximum atomic E-state index is 13.2. The first-order valence-corrected chi connectivity index (χ1v) is 10.8. The molecule has 0 N–H and O–H groups in total. The van der Waals surface area contributed by atoms with Gasteiger partial charge in [-0.25, -0.2) is 4.68 Å². The summed E-state index contributed by atoms with van der Waals surface area (Å²) >= 11 is 3.45. The van der Waals surface area contributed by atoms with Crippen molar-refractivity contribution in [3.63, 3.8) is 0 Å². The van der Waals surface area contributed by atoms with Crippen molar-refractivity contribution in [3.8, 4) is 11.4 Å². The van der Waals surface area contributed by atoms with E-state index in [1.807, 2.05) is 52.9 Å². The highest BCUT2D eigenvalue weighted by Crippen LogP contribution is 2.22. The molecule has 2 heterocycles. The molecular formula is C23H25BrN4O2. The van der Waals surface area contributed by atoms with Gasteiger partial charge in [0.2, 0.25) is 0 Å². The zero-order valence-corrected chi connectivity index (χ0v) is 18.8. The smallest absolute Gasteiger partial charge is 0.257 e. The average molecular weight is 469 g/mol. The molecule has 0 saturated carbocycles. The molecule has 0 spiro atoms. The largest absolute Gasteiger partial charge is 0.497 e. The van der Waals surface area contributed by atoms with E-state index < -0.39 is 0 Å². The summed E-state index contributed by atoms with van der Waals surface area (Å²) in [5, 5.41) is 4.47. The Labute approximate surface area is 185 Å². The molecule has 0 bridgehead atoms. The van der Waals surface area contributed by atoms with Gasteiger partial charge in [-0.2, -0.15) is 5.10 Å². The molecule has 1 amide bonds. The van der Waals surface area contributed by atoms with E-state index in [-0.39, 0.29) is 5.91 Å². The van der Waals surface area contributed by atoms with Crippen molar-refractivity contribution in [2.75, 3.05) is 38.2 Å². The summed E-state index contributed by atoms with van der Waals surface area (Å²) in [6.45, 7) is 5.11. The van der Waals surface area contributed by atoms with Crippen LogP contribution in [0.15, 0.2) is 59.2 Å². The fourth-order valence-electron chi connectivity index (χ4n) is 3.80. The average Bonchev–Trinajstić information content (AvgIpc) is 2.99. The number of anilines is 1. The Bertz CT molecular complexity index is 1010. The lowest BCUT2D eigenvalue weighted by atomic mass is 10.2. The molecule has 1 aliphatic rings. The van der Waals surface area contributed by atoms with Gasteiger partial charge in [-0.05, 0) is 61.9 Å². The van der Waals surface area contributed by atoms with Crippen molar-refractivity contribution in [1.29, 1.82) is 0 Å². The van der Waals surface area contributed by atoms with Gasteiger partial charge in [-0.15, -0.1) is 0 Å². The quantitative estimate of drug-likeness (QED) is 0.572. The highest BCUT2D eigenvalue weighted by atomic mass is 79.9. The third-order valence-electron chi connectivity index (χ3n) is 5.53. The molecule has 1 aliphatic heterocycles. The van der Waals surface area contributed by atoms with Gasteiger partial charge in [-0.3, -0.25) is 4.79 Å². The van der Waals surface area contributed by atoms with Crippen molar-refractivity contribution in [3.05, 3.63) is 70.5 Å². The molecule has 1 fully saturated rings. The maximum Gasteiger partial charge on any atom is 0.257 e. The molecule has 4 rings (SSSR count). The zero-order valence-electron chi connectivity index (χ0n) is 17.2. The number of nitrogens with zero attached hydrogens (tertiary/aromatic N) is 4. The second kappa shape index (κ2) is 8.92. The van der Waals surface area contributed by atoms with Crippen LogP contribution in [0.3, 0.4) is 0 Å². The van der Waals surface area contributed by atoms with Gasteiger partial charge in [0.1, 0.15) is 5.75 Å². The molecule has 0 unspecified atom stereocenters. The first kappa shape index (κ1) is 20.5. The molecule has 6 nitrogen and oxygen atoms in total. The normalized spacial score (nSPS) is 14.5. The molecule has 1 aromatic heterocycles. The van der Waals surface area contributed by atoms with E-state index in [0.29, 0.717) is 12.1 Å². The van der Waals surface area contributed by atoms with Gasteiger partial charge in [0.15, 0.2) is 0 Å². The molecule has 3 aromatic rings. The molecule has 2 aromatic carbocycles. The Kier molecular flexibility index (Phi) is 6.08. The highest BCUT2D eigenvalue weighted by Gasteiger charge is 2.24. The lowest BCUT2D eigenvalue weighted by molar-refractivity contribution is 0.0766. The molecule has 30 heavy (non-hydrogen) atoms. The minimum Gasteiger partial charge on any atom is -0.497 e. The van der Waals surface area contributed by atoms with Crippen molar-refractivity contribution in [2.24, 2.45) is 0 Å². The Morgan fingerprint density at radius 2 is 1.67 bits per heavy atom. The summed E-state index contributed by atoms with van der Waals surface area (Å²) in [7, 11) is 1.67. The van der Waals surface area contributed by atoms with Crippen LogP contribution in [0.1, 0.15) is 22.5 Å². The number of aromatic nitrogens is 2. The van der Waals surface area contributed by atoms with Crippen LogP contribution in [0, 0.1) is 6.92 Å². The van der Waals surface area contributed by atoms with Crippen LogP contribution in [0.2, 0.25) is 0 Å². The second-order valence-corrected chi connectivity index (χ2v) is 8.28. The van der Waals surface area contributed by atoms with Crippen LogP contribution < -0.4 is 9.64 Å². The maximum absolute atomic E-state index is 13.2. The number of methoxy groups -OCH3 is 1. The molecule has 0 aliphatic carbocycles. The van der Waals surface area contributed by atoms with Crippen LogP contribution in [-0.2, 0) is 0 Å². The number of hydrogen-bond donors (Lipinski definition) is 0. The van der Waals surface area contributed by atoms with Gasteiger partial charge >= 0.3 is 0 Å². The molecule has 156 valence electrons. The lowest BCUT2D eigenvalue weighted by Crippen LogP contribution is -2.35. The van der Waals surface area contributed by atoms with Crippen molar-refractivity contribution < 1.29 is 9.53 Å². The van der Waals surface area contributed by atoms with E-state index in [1.165, 1.54) is 0 Å². The summed E-state index contributed by atoms with van der Waals surface area (Å²) in [5.74, 6) is 0.899. The van der Waals surface area contributed by atoms with E-state index in [9.17, 15) is 4.79 Å². The van der Waals surface area contributed by atoms with Crippen LogP contribution in [0.25, 0.3) is 5.69 Å². The Morgan fingerprint density at radius 1 is 0.967 bits per heavy atom. The van der Waals surface area contributed by atoms with Crippen LogP contribution in [0.4, 0.5) is 5.69 Å².